The Hall–Kier alpha value is -1.62. The number of amides is 1. The molecule has 0 aromatic heterocycles. The minimum Gasteiger partial charge on any atom is -0.345 e. The third kappa shape index (κ3) is 3.18. The van der Waals surface area contributed by atoms with Crippen LogP contribution in [0, 0.1) is 11.3 Å². The van der Waals surface area contributed by atoms with Gasteiger partial charge in [-0.2, -0.15) is 9.57 Å². The average Bonchev–Trinajstić information content (AvgIpc) is 2.61. The number of nitriles is 1. The topological polar surface area (TPSA) is 81.5 Å². The third-order valence-corrected chi connectivity index (χ3v) is 5.65. The number of benzene rings is 1. The summed E-state index contributed by atoms with van der Waals surface area (Å²) in [6, 6.07) is 5.90. The first-order chi connectivity index (χ1) is 9.86. The summed E-state index contributed by atoms with van der Waals surface area (Å²) in [4.78, 5) is 13.3. The second kappa shape index (κ2) is 6.02. The summed E-state index contributed by atoms with van der Waals surface area (Å²) in [6.45, 7) is 0.579. The third-order valence-electron chi connectivity index (χ3n) is 3.32. The fourth-order valence-electron chi connectivity index (χ4n) is 2.08. The van der Waals surface area contributed by atoms with Crippen molar-refractivity contribution in [2.45, 2.75) is 11.3 Å². The Morgan fingerprint density at radius 2 is 2.05 bits per heavy atom. The Balaban J connectivity index is 2.38. The van der Waals surface area contributed by atoms with Gasteiger partial charge in [-0.1, -0.05) is 11.6 Å². The number of carbonyl (C=O) groups is 1. The van der Waals surface area contributed by atoms with Gasteiger partial charge in [0.15, 0.2) is 0 Å². The molecule has 1 amide bonds. The highest BCUT2D eigenvalue weighted by Gasteiger charge is 2.31. The van der Waals surface area contributed by atoms with Crippen LogP contribution in [0.1, 0.15) is 12.0 Å². The van der Waals surface area contributed by atoms with Crippen molar-refractivity contribution in [3.8, 4) is 6.07 Å². The maximum absolute atomic E-state index is 12.6. The summed E-state index contributed by atoms with van der Waals surface area (Å²) < 4.78 is 26.3. The van der Waals surface area contributed by atoms with Crippen LogP contribution in [0.4, 0.5) is 0 Å². The summed E-state index contributed by atoms with van der Waals surface area (Å²) in [5.41, 5.74) is 0.283. The van der Waals surface area contributed by atoms with Crippen LogP contribution >= 0.6 is 11.6 Å². The highest BCUT2D eigenvalue weighted by molar-refractivity contribution is 7.89. The second-order valence-electron chi connectivity index (χ2n) is 4.76. The fourth-order valence-corrected chi connectivity index (χ4v) is 4.03. The van der Waals surface area contributed by atoms with E-state index in [-0.39, 0.29) is 34.5 Å². The van der Waals surface area contributed by atoms with E-state index >= 15 is 0 Å². The lowest BCUT2D eigenvalue weighted by molar-refractivity contribution is -0.129. The van der Waals surface area contributed by atoms with Crippen molar-refractivity contribution < 1.29 is 13.2 Å². The van der Waals surface area contributed by atoms with Gasteiger partial charge in [0.25, 0.3) is 0 Å². The fraction of sp³-hybridized carbons (Fsp3) is 0.385. The van der Waals surface area contributed by atoms with Crippen LogP contribution in [0.2, 0.25) is 5.02 Å². The van der Waals surface area contributed by atoms with Gasteiger partial charge < -0.3 is 4.90 Å². The summed E-state index contributed by atoms with van der Waals surface area (Å²) >= 11 is 5.97. The van der Waals surface area contributed by atoms with Gasteiger partial charge in [0, 0.05) is 20.1 Å². The highest BCUT2D eigenvalue weighted by atomic mass is 35.5. The van der Waals surface area contributed by atoms with Gasteiger partial charge in [0.05, 0.1) is 23.2 Å². The molecule has 1 aromatic carbocycles. The van der Waals surface area contributed by atoms with Gasteiger partial charge >= 0.3 is 0 Å². The minimum absolute atomic E-state index is 0.0147. The second-order valence-corrected chi connectivity index (χ2v) is 7.08. The van der Waals surface area contributed by atoms with Crippen LogP contribution in [0.25, 0.3) is 0 Å². The Kier molecular flexibility index (Phi) is 4.52. The average molecular weight is 328 g/mol. The molecule has 112 valence electrons. The van der Waals surface area contributed by atoms with E-state index in [1.54, 1.807) is 7.05 Å². The predicted molar refractivity (Wildman–Crippen MR) is 77.2 cm³/mol. The SMILES string of the molecule is CN1CCCN(S(=O)(=O)c2ccc(C#N)cc2Cl)CC1=O. The van der Waals surface area contributed by atoms with E-state index in [1.165, 1.54) is 23.1 Å². The molecule has 8 heteroatoms. The molecular weight excluding hydrogens is 314 g/mol. The van der Waals surface area contributed by atoms with Gasteiger partial charge in [-0.05, 0) is 24.6 Å². The largest absolute Gasteiger partial charge is 0.345 e. The number of carbonyl (C=O) groups excluding carboxylic acids is 1. The molecule has 6 nitrogen and oxygen atoms in total. The van der Waals surface area contributed by atoms with E-state index in [0.717, 1.165) is 4.31 Å². The molecule has 0 N–H and O–H groups in total. The smallest absolute Gasteiger partial charge is 0.245 e. The van der Waals surface area contributed by atoms with E-state index in [9.17, 15) is 13.2 Å². The zero-order valence-corrected chi connectivity index (χ0v) is 13.0. The van der Waals surface area contributed by atoms with Crippen molar-refractivity contribution in [3.63, 3.8) is 0 Å². The lowest BCUT2D eigenvalue weighted by Gasteiger charge is -2.20. The number of hydrogen-bond acceptors (Lipinski definition) is 4. The number of rotatable bonds is 2. The van der Waals surface area contributed by atoms with Gasteiger partial charge in [-0.15, -0.1) is 0 Å². The van der Waals surface area contributed by atoms with Crippen LogP contribution in [-0.2, 0) is 14.8 Å². The van der Waals surface area contributed by atoms with Crippen LogP contribution in [0.5, 0.6) is 0 Å². The standard InChI is InChI=1S/C13H14ClN3O3S/c1-16-5-2-6-17(9-13(16)18)21(19,20)12-4-3-10(8-15)7-11(12)14/h3-4,7H,2,5-6,9H2,1H3. The molecule has 1 aliphatic rings. The zero-order valence-electron chi connectivity index (χ0n) is 11.4. The van der Waals surface area contributed by atoms with Crippen LogP contribution in [0.15, 0.2) is 23.1 Å². The van der Waals surface area contributed by atoms with E-state index in [2.05, 4.69) is 0 Å². The minimum atomic E-state index is -3.85. The molecule has 0 atom stereocenters. The highest BCUT2D eigenvalue weighted by Crippen LogP contribution is 2.26. The molecule has 0 radical (unpaired) electrons. The van der Waals surface area contributed by atoms with Crippen molar-refractivity contribution in [3.05, 3.63) is 28.8 Å². The summed E-state index contributed by atoms with van der Waals surface area (Å²) in [5, 5.41) is 8.77. The van der Waals surface area contributed by atoms with Gasteiger partial charge in [0.2, 0.25) is 15.9 Å². The maximum atomic E-state index is 12.6. The summed E-state index contributed by atoms with van der Waals surface area (Å²) in [5.74, 6) is -0.249. The molecule has 0 aliphatic carbocycles. The normalized spacial score (nSPS) is 17.4. The number of likely N-dealkylation sites (N-methyl/N-ethyl adjacent to an activating group) is 1. The maximum Gasteiger partial charge on any atom is 0.245 e. The van der Waals surface area contributed by atoms with E-state index < -0.39 is 10.0 Å². The van der Waals surface area contributed by atoms with Crippen molar-refractivity contribution in [1.82, 2.24) is 9.21 Å². The lowest BCUT2D eigenvalue weighted by Crippen LogP contribution is -2.38. The quantitative estimate of drug-likeness (QED) is 0.813. The molecule has 1 fully saturated rings. The Morgan fingerprint density at radius 3 is 2.67 bits per heavy atom. The molecule has 0 unspecified atom stereocenters. The number of sulfonamides is 1. The number of nitrogens with zero attached hydrogens (tertiary/aromatic N) is 3. The summed E-state index contributed by atoms with van der Waals surface area (Å²) in [6.07, 6.45) is 0.565. The van der Waals surface area contributed by atoms with Crippen molar-refractivity contribution >= 4 is 27.5 Å². The number of hydrogen-bond donors (Lipinski definition) is 0. The van der Waals surface area contributed by atoms with E-state index in [1.807, 2.05) is 6.07 Å². The van der Waals surface area contributed by atoms with Crippen molar-refractivity contribution in [2.75, 3.05) is 26.7 Å². The van der Waals surface area contributed by atoms with Crippen molar-refractivity contribution in [1.29, 1.82) is 5.26 Å². The Labute approximate surface area is 128 Å². The first-order valence-electron chi connectivity index (χ1n) is 6.30. The van der Waals surface area contributed by atoms with E-state index in [0.29, 0.717) is 13.0 Å². The molecule has 0 saturated carbocycles. The van der Waals surface area contributed by atoms with E-state index in [4.69, 9.17) is 16.9 Å². The molecule has 0 bridgehead atoms. The van der Waals surface area contributed by atoms with Gasteiger partial charge in [0.1, 0.15) is 4.90 Å². The molecule has 0 spiro atoms. The van der Waals surface area contributed by atoms with Gasteiger partial charge in [-0.3, -0.25) is 4.79 Å². The zero-order chi connectivity index (χ0) is 15.6. The summed E-state index contributed by atoms with van der Waals surface area (Å²) in [7, 11) is -2.21. The van der Waals surface area contributed by atoms with Crippen LogP contribution < -0.4 is 0 Å². The molecule has 1 heterocycles. The molecule has 21 heavy (non-hydrogen) atoms. The number of halogens is 1. The molecule has 2 rings (SSSR count). The molecule has 1 aliphatic heterocycles. The molecule has 1 saturated heterocycles. The Bertz CT molecular complexity index is 712. The Morgan fingerprint density at radius 1 is 1.33 bits per heavy atom. The van der Waals surface area contributed by atoms with Crippen molar-refractivity contribution in [2.24, 2.45) is 0 Å². The lowest BCUT2D eigenvalue weighted by atomic mass is 10.2. The first kappa shape index (κ1) is 15.8. The van der Waals surface area contributed by atoms with Gasteiger partial charge in [-0.25, -0.2) is 8.42 Å². The monoisotopic (exact) mass is 327 g/mol. The molecule has 1 aromatic rings. The van der Waals surface area contributed by atoms with Crippen LogP contribution in [0.3, 0.4) is 0 Å². The van der Waals surface area contributed by atoms with Crippen LogP contribution in [-0.4, -0.2) is 50.2 Å². The molecular formula is C13H14ClN3O3S. The predicted octanol–water partition coefficient (Wildman–Crippen LogP) is 1.06. The first-order valence-corrected chi connectivity index (χ1v) is 8.12.